The van der Waals surface area contributed by atoms with E-state index in [-0.39, 0.29) is 0 Å². The van der Waals surface area contributed by atoms with Gasteiger partial charge in [-0.15, -0.1) is 0 Å². The second-order valence-corrected chi connectivity index (χ2v) is 5.91. The Morgan fingerprint density at radius 3 is 2.70 bits per heavy atom. The van der Waals surface area contributed by atoms with E-state index in [9.17, 15) is 0 Å². The zero-order valence-electron chi connectivity index (χ0n) is 12.6. The molecule has 1 aliphatic rings. The van der Waals surface area contributed by atoms with E-state index in [1.165, 1.54) is 29.2 Å². The Labute approximate surface area is 121 Å². The largest absolute Gasteiger partial charge is 0.386 e. The average Bonchev–Trinajstić information content (AvgIpc) is 2.47. The SMILES string of the molecule is CNc1cnc(N2CCC(C)CC2)c2c(C)cccc12. The van der Waals surface area contributed by atoms with E-state index in [4.69, 9.17) is 4.98 Å². The summed E-state index contributed by atoms with van der Waals surface area (Å²) in [5, 5.41) is 5.83. The van der Waals surface area contributed by atoms with Crippen molar-refractivity contribution in [2.24, 2.45) is 5.92 Å². The van der Waals surface area contributed by atoms with E-state index in [1.54, 1.807) is 0 Å². The van der Waals surface area contributed by atoms with Crippen LogP contribution in [0.4, 0.5) is 11.5 Å². The summed E-state index contributed by atoms with van der Waals surface area (Å²) in [4.78, 5) is 7.20. The first kappa shape index (κ1) is 13.2. The van der Waals surface area contributed by atoms with Gasteiger partial charge in [0.25, 0.3) is 0 Å². The maximum Gasteiger partial charge on any atom is 0.136 e. The first-order valence-electron chi connectivity index (χ1n) is 7.51. The van der Waals surface area contributed by atoms with Crippen LogP contribution in [-0.2, 0) is 0 Å². The molecule has 1 aliphatic heterocycles. The molecular formula is C17H23N3. The lowest BCUT2D eigenvalue weighted by molar-refractivity contribution is 0.437. The summed E-state index contributed by atoms with van der Waals surface area (Å²) in [5.74, 6) is 2.00. The van der Waals surface area contributed by atoms with Crippen LogP contribution in [0.1, 0.15) is 25.3 Å². The summed E-state index contributed by atoms with van der Waals surface area (Å²) in [7, 11) is 1.96. The number of rotatable bonds is 2. The van der Waals surface area contributed by atoms with Crippen molar-refractivity contribution in [2.75, 3.05) is 30.4 Å². The Hall–Kier alpha value is -1.77. The number of pyridine rings is 1. The third-order valence-electron chi connectivity index (χ3n) is 4.46. The van der Waals surface area contributed by atoms with Gasteiger partial charge in [-0.3, -0.25) is 0 Å². The quantitative estimate of drug-likeness (QED) is 0.898. The average molecular weight is 269 g/mol. The topological polar surface area (TPSA) is 28.2 Å². The van der Waals surface area contributed by atoms with Crippen LogP contribution < -0.4 is 10.2 Å². The molecule has 3 rings (SSSR count). The van der Waals surface area contributed by atoms with E-state index in [0.717, 1.165) is 30.5 Å². The fourth-order valence-corrected chi connectivity index (χ4v) is 3.11. The molecule has 2 heterocycles. The molecule has 0 amide bonds. The van der Waals surface area contributed by atoms with Crippen LogP contribution >= 0.6 is 0 Å². The molecule has 1 aromatic heterocycles. The third-order valence-corrected chi connectivity index (χ3v) is 4.46. The van der Waals surface area contributed by atoms with Gasteiger partial charge in [0.1, 0.15) is 5.82 Å². The van der Waals surface area contributed by atoms with Gasteiger partial charge in [-0.1, -0.05) is 25.1 Å². The van der Waals surface area contributed by atoms with Gasteiger partial charge >= 0.3 is 0 Å². The molecule has 1 saturated heterocycles. The van der Waals surface area contributed by atoms with Gasteiger partial charge < -0.3 is 10.2 Å². The highest BCUT2D eigenvalue weighted by Crippen LogP contribution is 2.34. The van der Waals surface area contributed by atoms with Crippen molar-refractivity contribution >= 4 is 22.3 Å². The molecule has 1 aromatic carbocycles. The lowest BCUT2D eigenvalue weighted by Gasteiger charge is -2.32. The molecule has 0 saturated carbocycles. The zero-order valence-corrected chi connectivity index (χ0v) is 12.6. The number of benzene rings is 1. The summed E-state index contributed by atoms with van der Waals surface area (Å²) in [6.45, 7) is 6.77. The fraction of sp³-hybridized carbons (Fsp3) is 0.471. The number of nitrogens with one attached hydrogen (secondary N) is 1. The number of anilines is 2. The van der Waals surface area contributed by atoms with Crippen molar-refractivity contribution in [1.82, 2.24) is 4.98 Å². The Morgan fingerprint density at radius 2 is 2.00 bits per heavy atom. The third kappa shape index (κ3) is 2.21. The molecule has 1 fully saturated rings. The molecule has 0 aliphatic carbocycles. The smallest absolute Gasteiger partial charge is 0.136 e. The number of nitrogens with zero attached hydrogens (tertiary/aromatic N) is 2. The molecule has 106 valence electrons. The van der Waals surface area contributed by atoms with E-state index < -0.39 is 0 Å². The minimum atomic E-state index is 0.843. The Morgan fingerprint density at radius 1 is 1.25 bits per heavy atom. The van der Waals surface area contributed by atoms with Gasteiger partial charge in [-0.05, 0) is 31.2 Å². The first-order chi connectivity index (χ1) is 9.70. The molecule has 20 heavy (non-hydrogen) atoms. The van der Waals surface area contributed by atoms with E-state index in [2.05, 4.69) is 42.3 Å². The molecule has 2 aromatic rings. The first-order valence-corrected chi connectivity index (χ1v) is 7.51. The number of aromatic nitrogens is 1. The zero-order chi connectivity index (χ0) is 14.1. The molecular weight excluding hydrogens is 246 g/mol. The van der Waals surface area contributed by atoms with Gasteiger partial charge in [0.05, 0.1) is 11.9 Å². The molecule has 0 spiro atoms. The molecule has 0 bridgehead atoms. The highest BCUT2D eigenvalue weighted by atomic mass is 15.2. The number of fused-ring (bicyclic) bond motifs is 1. The number of piperidine rings is 1. The van der Waals surface area contributed by atoms with Gasteiger partial charge in [-0.25, -0.2) is 4.98 Å². The van der Waals surface area contributed by atoms with Crippen molar-refractivity contribution in [1.29, 1.82) is 0 Å². The summed E-state index contributed by atoms with van der Waals surface area (Å²) < 4.78 is 0. The van der Waals surface area contributed by atoms with Crippen molar-refractivity contribution in [2.45, 2.75) is 26.7 Å². The second-order valence-electron chi connectivity index (χ2n) is 5.91. The van der Waals surface area contributed by atoms with Crippen molar-refractivity contribution in [3.05, 3.63) is 30.0 Å². The predicted octanol–water partition coefficient (Wildman–Crippen LogP) is 3.82. The molecule has 0 radical (unpaired) electrons. The standard InChI is InChI=1S/C17H23N3/c1-12-7-9-20(10-8-12)17-16-13(2)5-4-6-14(16)15(18-3)11-19-17/h4-6,11-12,18H,7-10H2,1-3H3. The normalized spacial score (nSPS) is 16.6. The van der Waals surface area contributed by atoms with Gasteiger partial charge in [0.2, 0.25) is 0 Å². The molecule has 0 atom stereocenters. The summed E-state index contributed by atoms with van der Waals surface area (Å²) in [5.41, 5.74) is 2.42. The number of aryl methyl sites for hydroxylation is 1. The summed E-state index contributed by atoms with van der Waals surface area (Å²) in [6, 6.07) is 6.49. The summed E-state index contributed by atoms with van der Waals surface area (Å²) in [6.07, 6.45) is 4.50. The van der Waals surface area contributed by atoms with Crippen LogP contribution in [0.15, 0.2) is 24.4 Å². The minimum Gasteiger partial charge on any atom is -0.386 e. The van der Waals surface area contributed by atoms with E-state index >= 15 is 0 Å². The predicted molar refractivity (Wildman–Crippen MR) is 86.6 cm³/mol. The second kappa shape index (κ2) is 5.31. The van der Waals surface area contributed by atoms with Crippen molar-refractivity contribution in [3.63, 3.8) is 0 Å². The van der Waals surface area contributed by atoms with Crippen LogP contribution in [0, 0.1) is 12.8 Å². The molecule has 3 nitrogen and oxygen atoms in total. The molecule has 1 N–H and O–H groups in total. The monoisotopic (exact) mass is 269 g/mol. The van der Waals surface area contributed by atoms with Gasteiger partial charge in [0, 0.05) is 30.9 Å². The Bertz CT molecular complexity index is 613. The van der Waals surface area contributed by atoms with Gasteiger partial charge in [-0.2, -0.15) is 0 Å². The Kier molecular flexibility index (Phi) is 3.51. The number of hydrogen-bond donors (Lipinski definition) is 1. The van der Waals surface area contributed by atoms with Gasteiger partial charge in [0.15, 0.2) is 0 Å². The van der Waals surface area contributed by atoms with Crippen LogP contribution in [0.2, 0.25) is 0 Å². The summed E-state index contributed by atoms with van der Waals surface area (Å²) >= 11 is 0. The lowest BCUT2D eigenvalue weighted by atomic mass is 9.98. The van der Waals surface area contributed by atoms with Crippen LogP contribution in [0.25, 0.3) is 10.8 Å². The van der Waals surface area contributed by atoms with Crippen LogP contribution in [-0.4, -0.2) is 25.1 Å². The number of hydrogen-bond acceptors (Lipinski definition) is 3. The minimum absolute atomic E-state index is 0.843. The lowest BCUT2D eigenvalue weighted by Crippen LogP contribution is -2.33. The molecule has 3 heteroatoms. The maximum atomic E-state index is 4.75. The highest BCUT2D eigenvalue weighted by molar-refractivity contribution is 6.02. The van der Waals surface area contributed by atoms with Crippen LogP contribution in [0.5, 0.6) is 0 Å². The Balaban J connectivity index is 2.12. The highest BCUT2D eigenvalue weighted by Gasteiger charge is 2.20. The molecule has 0 unspecified atom stereocenters. The van der Waals surface area contributed by atoms with Crippen LogP contribution in [0.3, 0.4) is 0 Å². The van der Waals surface area contributed by atoms with Crippen molar-refractivity contribution in [3.8, 4) is 0 Å². The van der Waals surface area contributed by atoms with E-state index in [1.807, 2.05) is 13.2 Å². The van der Waals surface area contributed by atoms with E-state index in [0.29, 0.717) is 0 Å². The fourth-order valence-electron chi connectivity index (χ4n) is 3.11. The van der Waals surface area contributed by atoms with Crippen molar-refractivity contribution < 1.29 is 0 Å². The maximum absolute atomic E-state index is 4.75.